The highest BCUT2D eigenvalue weighted by Crippen LogP contribution is 2.30. The highest BCUT2D eigenvalue weighted by atomic mass is 16.7. The number of aliphatic hydroxyl groups excluding tert-OH is 9. The number of methoxy groups -OCH3 is 1. The molecule has 0 aromatic carbocycles. The van der Waals surface area contributed by atoms with Gasteiger partial charge in [0.2, 0.25) is 29.5 Å². The first-order valence-electron chi connectivity index (χ1n) is 49.6. The van der Waals surface area contributed by atoms with Crippen LogP contribution in [0.5, 0.6) is 0 Å². The molecule has 3 aliphatic heterocycles. The maximum atomic E-state index is 14.4. The molecule has 0 aromatic heterocycles. The van der Waals surface area contributed by atoms with Crippen molar-refractivity contribution >= 4 is 35.5 Å². The van der Waals surface area contributed by atoms with Gasteiger partial charge in [-0.05, 0) is 77.0 Å². The number of carbonyl (C=O) groups excluding carboxylic acids is 6. The smallest absolute Gasteiger partial charge is 0.305 e. The van der Waals surface area contributed by atoms with Gasteiger partial charge in [0.25, 0.3) is 0 Å². The van der Waals surface area contributed by atoms with Gasteiger partial charge in [0, 0.05) is 123 Å². The van der Waals surface area contributed by atoms with Crippen LogP contribution < -0.4 is 21.3 Å². The molecule has 5 amide bonds. The van der Waals surface area contributed by atoms with Crippen molar-refractivity contribution in [3.63, 3.8) is 0 Å². The number of nitrogens with zero attached hydrogens (tertiary/aromatic N) is 1. The van der Waals surface area contributed by atoms with Crippen LogP contribution in [-0.2, 0) is 80.9 Å². The molecule has 3 fully saturated rings. The lowest BCUT2D eigenvalue weighted by atomic mass is 9.92. The summed E-state index contributed by atoms with van der Waals surface area (Å²) in [4.78, 5) is 79.6. The van der Waals surface area contributed by atoms with Gasteiger partial charge in [-0.3, -0.25) is 28.8 Å². The number of amides is 5. The SMILES string of the molecule is CCCCCCCCCCCCCCCCCCOCC(COC(=O)CCC)OCCCCCCCCCCCCCCCCCC.COCCOCCC(=O)NC(CCCCNC(=O)CCCCOC1OC(CO)C(O)C(O)C1C)C(=O)N(CCNC(=O)CCCCOC1OC(CO)C(O)C(O)C1C)CCNC(=O)CCCCOC1OC(CO)C(O)C(O)C1C. The molecule has 0 aliphatic carbocycles. The molecular formula is C95H181N5O26. The molecule has 0 aromatic rings. The molecule has 31 nitrogen and oxygen atoms in total. The average Bonchev–Trinajstić information content (AvgIpc) is 0.829. The minimum atomic E-state index is -1.25. The van der Waals surface area contributed by atoms with Crippen LogP contribution in [0.3, 0.4) is 0 Å². The zero-order chi connectivity index (χ0) is 92.4. The molecule has 0 spiro atoms. The number of ether oxygens (including phenoxy) is 11. The van der Waals surface area contributed by atoms with E-state index in [1.54, 1.807) is 20.8 Å². The Labute approximate surface area is 757 Å². The highest BCUT2D eigenvalue weighted by Gasteiger charge is 2.45. The van der Waals surface area contributed by atoms with Crippen molar-refractivity contribution in [2.45, 2.75) is 429 Å². The van der Waals surface area contributed by atoms with Gasteiger partial charge in [0.1, 0.15) is 55.4 Å². The molecular weight excluding hydrogens is 1630 g/mol. The number of hydrogen-bond donors (Lipinski definition) is 13. The van der Waals surface area contributed by atoms with Crippen LogP contribution in [0, 0.1) is 17.8 Å². The van der Waals surface area contributed by atoms with Crippen molar-refractivity contribution in [1.29, 1.82) is 0 Å². The van der Waals surface area contributed by atoms with Crippen LogP contribution in [0.4, 0.5) is 0 Å². The van der Waals surface area contributed by atoms with Gasteiger partial charge in [-0.25, -0.2) is 0 Å². The van der Waals surface area contributed by atoms with Crippen LogP contribution in [0.2, 0.25) is 0 Å². The lowest BCUT2D eigenvalue weighted by Gasteiger charge is -2.40. The number of esters is 1. The van der Waals surface area contributed by atoms with E-state index in [9.17, 15) is 74.7 Å². The van der Waals surface area contributed by atoms with Crippen molar-refractivity contribution in [3.05, 3.63) is 0 Å². The summed E-state index contributed by atoms with van der Waals surface area (Å²) in [5.41, 5.74) is 0. The Kier molecular flexibility index (Phi) is 74.6. The second kappa shape index (κ2) is 79.6. The van der Waals surface area contributed by atoms with Crippen LogP contribution in [0.15, 0.2) is 0 Å². The molecule has 17 atom stereocenters. The first-order valence-corrected chi connectivity index (χ1v) is 49.6. The third-order valence-corrected chi connectivity index (χ3v) is 24.0. The largest absolute Gasteiger partial charge is 0.463 e. The average molecular weight is 1810 g/mol. The molecule has 0 saturated carbocycles. The fourth-order valence-electron chi connectivity index (χ4n) is 15.6. The number of aliphatic hydroxyl groups is 9. The Bertz CT molecular complexity index is 2550. The fourth-order valence-corrected chi connectivity index (χ4v) is 15.6. The third-order valence-electron chi connectivity index (χ3n) is 24.0. The zero-order valence-electron chi connectivity index (χ0n) is 79.2. The van der Waals surface area contributed by atoms with Gasteiger partial charge < -0.3 is 124 Å². The molecule has 3 rings (SSSR count). The maximum absolute atomic E-state index is 14.4. The monoisotopic (exact) mass is 1810 g/mol. The number of hydrogen-bond acceptors (Lipinski definition) is 26. The molecule has 31 heteroatoms. The minimum Gasteiger partial charge on any atom is -0.463 e. The van der Waals surface area contributed by atoms with E-state index >= 15 is 0 Å². The minimum absolute atomic E-state index is 0.0249. The van der Waals surface area contributed by atoms with Gasteiger partial charge in [0.05, 0.1) is 64.6 Å². The molecule has 0 bridgehead atoms. The Morgan fingerprint density at radius 3 is 1.07 bits per heavy atom. The summed E-state index contributed by atoms with van der Waals surface area (Å²) in [6, 6.07) is -1.01. The Morgan fingerprint density at radius 2 is 0.706 bits per heavy atom. The zero-order valence-corrected chi connectivity index (χ0v) is 79.2. The first kappa shape index (κ1) is 118. The lowest BCUT2D eigenvalue weighted by molar-refractivity contribution is -0.282. The molecule has 3 heterocycles. The van der Waals surface area contributed by atoms with Gasteiger partial charge in [-0.2, -0.15) is 0 Å². The van der Waals surface area contributed by atoms with Gasteiger partial charge in [-0.1, -0.05) is 234 Å². The Hall–Kier alpha value is -3.94. The van der Waals surface area contributed by atoms with E-state index in [0.29, 0.717) is 84.2 Å². The third kappa shape index (κ3) is 57.5. The van der Waals surface area contributed by atoms with Crippen LogP contribution in [0.1, 0.15) is 343 Å². The molecule has 17 unspecified atom stereocenters. The second-order valence-corrected chi connectivity index (χ2v) is 35.1. The van der Waals surface area contributed by atoms with E-state index in [1.807, 2.05) is 6.92 Å². The van der Waals surface area contributed by atoms with Crippen molar-refractivity contribution < 1.29 is 127 Å². The van der Waals surface area contributed by atoms with Crippen LogP contribution in [-0.4, -0.2) is 298 Å². The Morgan fingerprint density at radius 1 is 0.349 bits per heavy atom. The van der Waals surface area contributed by atoms with Crippen molar-refractivity contribution in [3.8, 4) is 0 Å². The van der Waals surface area contributed by atoms with Gasteiger partial charge >= 0.3 is 5.97 Å². The maximum Gasteiger partial charge on any atom is 0.305 e. The number of nitrogens with one attached hydrogen (secondary N) is 4. The van der Waals surface area contributed by atoms with Crippen LogP contribution >= 0.6 is 0 Å². The molecule has 3 saturated heterocycles. The summed E-state index contributed by atoms with van der Waals surface area (Å²) >= 11 is 0. The number of carbonyl (C=O) groups is 6. The summed E-state index contributed by atoms with van der Waals surface area (Å²) < 4.78 is 62.0. The summed E-state index contributed by atoms with van der Waals surface area (Å²) in [5, 5.41) is 101. The van der Waals surface area contributed by atoms with E-state index < -0.39 is 129 Å². The Balaban J connectivity index is 0.000000976. The van der Waals surface area contributed by atoms with E-state index in [-0.39, 0.29) is 121 Å². The van der Waals surface area contributed by atoms with Gasteiger partial charge in [-0.15, -0.1) is 0 Å². The van der Waals surface area contributed by atoms with E-state index in [1.165, 1.54) is 205 Å². The molecule has 742 valence electrons. The number of unbranched alkanes of at least 4 members (excludes halogenated alkanes) is 34. The van der Waals surface area contributed by atoms with Gasteiger partial charge in [0.15, 0.2) is 18.9 Å². The van der Waals surface area contributed by atoms with Crippen molar-refractivity contribution in [2.75, 3.05) is 126 Å². The molecule has 13 N–H and O–H groups in total. The van der Waals surface area contributed by atoms with E-state index in [2.05, 4.69) is 35.1 Å². The summed E-state index contributed by atoms with van der Waals surface area (Å²) in [7, 11) is 1.52. The predicted octanol–water partition coefficient (Wildman–Crippen LogP) is 10.9. The summed E-state index contributed by atoms with van der Waals surface area (Å²) in [6.45, 7) is 14.2. The molecule has 0 radical (unpaired) electrons. The normalized spacial score (nSPS) is 22.9. The lowest BCUT2D eigenvalue weighted by Crippen LogP contribution is -2.55. The van der Waals surface area contributed by atoms with E-state index in [4.69, 9.17) is 52.1 Å². The highest BCUT2D eigenvalue weighted by molar-refractivity contribution is 5.88. The quantitative estimate of drug-likeness (QED) is 0.0199. The summed E-state index contributed by atoms with van der Waals surface area (Å²) in [6.07, 6.45) is 36.8. The van der Waals surface area contributed by atoms with E-state index in [0.717, 1.165) is 32.5 Å². The standard InChI is InChI=1S/C52H95N5O22.C43H86O4/c1-32-43(65)46(68)36(29-58)77-50(32)74-23-10-6-14-39(61)53-18-9-5-13-35(56-42(64)17-26-73-28-27-72-4)49(71)57(21-19-54-40(62)15-7-11-24-75-51-33(2)44(66)47(69)37(30-59)78-51)22-20-55-41(63)16-8-12-25-76-52-34(3)45(67)48(70)38(31-60)79-52;1-4-7-9-11-13-15-17-19-21-23-25-27-29-31-33-35-38-45-40-42(41-47-43(44)37-6-3)46-39-36-34-32-30-28-26-24-22-20-18-16-14-12-10-8-5-2/h32-38,43-48,50-52,58-60,65-70H,5-31H2,1-4H3,(H,53,61)(H,54,62)(H,55,63)(H,56,64);42H,4-41H2,1-3H3. The second-order valence-electron chi connectivity index (χ2n) is 35.1. The van der Waals surface area contributed by atoms with Crippen molar-refractivity contribution in [1.82, 2.24) is 26.2 Å². The number of rotatable bonds is 81. The molecule has 3 aliphatic rings. The predicted molar refractivity (Wildman–Crippen MR) is 484 cm³/mol. The fraction of sp³-hybridized carbons (Fsp3) is 0.937. The topological polar surface area (TPSA) is 437 Å². The van der Waals surface area contributed by atoms with Crippen LogP contribution in [0.25, 0.3) is 0 Å². The molecule has 126 heavy (non-hydrogen) atoms. The summed E-state index contributed by atoms with van der Waals surface area (Å²) in [5.74, 6) is -3.46. The van der Waals surface area contributed by atoms with Crippen molar-refractivity contribution in [2.24, 2.45) is 17.8 Å². The first-order chi connectivity index (χ1) is 61.1.